The lowest BCUT2D eigenvalue weighted by molar-refractivity contribution is 0.701. The molecule has 2 aliphatic rings. The second kappa shape index (κ2) is 5.57. The average molecular weight is 295 g/mol. The van der Waals surface area contributed by atoms with Gasteiger partial charge >= 0.3 is 0 Å². The molecule has 1 aromatic carbocycles. The van der Waals surface area contributed by atoms with Crippen molar-refractivity contribution in [2.75, 3.05) is 30.3 Å². The molecule has 5 nitrogen and oxygen atoms in total. The summed E-state index contributed by atoms with van der Waals surface area (Å²) in [5.41, 5.74) is 11.2. The van der Waals surface area contributed by atoms with Gasteiger partial charge in [-0.1, -0.05) is 24.3 Å². The Morgan fingerprint density at radius 1 is 1.00 bits per heavy atom. The van der Waals surface area contributed by atoms with E-state index in [9.17, 15) is 0 Å². The summed E-state index contributed by atoms with van der Waals surface area (Å²) < 4.78 is 0. The smallest absolute Gasteiger partial charge is 0.222 e. The molecule has 0 amide bonds. The molecule has 3 heterocycles. The molecule has 0 saturated carbocycles. The zero-order valence-corrected chi connectivity index (χ0v) is 12.7. The molecule has 2 aliphatic heterocycles. The van der Waals surface area contributed by atoms with E-state index in [1.807, 2.05) is 0 Å². The number of nitrogens with zero attached hydrogens (tertiary/aromatic N) is 3. The summed E-state index contributed by atoms with van der Waals surface area (Å²) in [6.07, 6.45) is 2.97. The van der Waals surface area contributed by atoms with Gasteiger partial charge in [-0.05, 0) is 30.5 Å². The first-order valence-corrected chi connectivity index (χ1v) is 7.99. The first kappa shape index (κ1) is 13.5. The SMILES string of the molecule is Nc1nc2c(c(N3CCc4ccccc4C3)n1)CCNCC2. The molecule has 1 aromatic heterocycles. The number of rotatable bonds is 1. The Kier molecular flexibility index (Phi) is 3.42. The van der Waals surface area contributed by atoms with Gasteiger partial charge in [0.2, 0.25) is 5.95 Å². The highest BCUT2D eigenvalue weighted by Crippen LogP contribution is 2.28. The number of nitrogen functional groups attached to an aromatic ring is 1. The van der Waals surface area contributed by atoms with Gasteiger partial charge in [-0.25, -0.2) is 4.98 Å². The predicted molar refractivity (Wildman–Crippen MR) is 87.9 cm³/mol. The van der Waals surface area contributed by atoms with E-state index in [-0.39, 0.29) is 0 Å². The van der Waals surface area contributed by atoms with Gasteiger partial charge < -0.3 is 16.0 Å². The molecule has 0 radical (unpaired) electrons. The van der Waals surface area contributed by atoms with Crippen molar-refractivity contribution in [3.8, 4) is 0 Å². The molecule has 4 rings (SSSR count). The Bertz CT molecular complexity index is 697. The molecular weight excluding hydrogens is 274 g/mol. The summed E-state index contributed by atoms with van der Waals surface area (Å²) in [5.74, 6) is 1.44. The van der Waals surface area contributed by atoms with Crippen LogP contribution in [0.2, 0.25) is 0 Å². The number of fused-ring (bicyclic) bond motifs is 2. The molecule has 2 aromatic rings. The van der Waals surface area contributed by atoms with Crippen molar-refractivity contribution < 1.29 is 0 Å². The molecule has 0 fully saturated rings. The van der Waals surface area contributed by atoms with Gasteiger partial charge in [0.15, 0.2) is 0 Å². The van der Waals surface area contributed by atoms with Crippen LogP contribution in [0.1, 0.15) is 22.4 Å². The molecule has 5 heteroatoms. The first-order valence-electron chi connectivity index (χ1n) is 7.99. The van der Waals surface area contributed by atoms with Crippen LogP contribution < -0.4 is 16.0 Å². The largest absolute Gasteiger partial charge is 0.368 e. The third kappa shape index (κ3) is 2.41. The maximum atomic E-state index is 5.97. The molecule has 0 aliphatic carbocycles. The Hall–Kier alpha value is -2.14. The van der Waals surface area contributed by atoms with Crippen molar-refractivity contribution in [1.29, 1.82) is 0 Å². The zero-order chi connectivity index (χ0) is 14.9. The minimum absolute atomic E-state index is 0.398. The number of benzene rings is 1. The average Bonchev–Trinajstić information content (AvgIpc) is 2.79. The fraction of sp³-hybridized carbons (Fsp3) is 0.412. The maximum absolute atomic E-state index is 5.97. The molecule has 0 atom stereocenters. The quantitative estimate of drug-likeness (QED) is 0.830. The van der Waals surface area contributed by atoms with Crippen LogP contribution in [0, 0.1) is 0 Å². The highest BCUT2D eigenvalue weighted by molar-refractivity contribution is 5.54. The van der Waals surface area contributed by atoms with Crippen molar-refractivity contribution in [2.24, 2.45) is 0 Å². The van der Waals surface area contributed by atoms with E-state index in [4.69, 9.17) is 5.73 Å². The van der Waals surface area contributed by atoms with E-state index < -0.39 is 0 Å². The molecule has 0 saturated heterocycles. The summed E-state index contributed by atoms with van der Waals surface area (Å²) in [7, 11) is 0. The molecule has 0 spiro atoms. The molecular formula is C17H21N5. The molecule has 0 bridgehead atoms. The topological polar surface area (TPSA) is 67.1 Å². The lowest BCUT2D eigenvalue weighted by Gasteiger charge is -2.31. The van der Waals surface area contributed by atoms with Crippen LogP contribution in [-0.2, 0) is 25.8 Å². The van der Waals surface area contributed by atoms with Gasteiger partial charge in [-0.15, -0.1) is 0 Å². The number of hydrogen-bond acceptors (Lipinski definition) is 5. The van der Waals surface area contributed by atoms with Gasteiger partial charge in [0, 0.05) is 31.6 Å². The third-order valence-corrected chi connectivity index (χ3v) is 4.61. The maximum Gasteiger partial charge on any atom is 0.222 e. The van der Waals surface area contributed by atoms with Crippen LogP contribution in [0.3, 0.4) is 0 Å². The van der Waals surface area contributed by atoms with Crippen molar-refractivity contribution >= 4 is 11.8 Å². The normalized spacial score (nSPS) is 17.5. The fourth-order valence-electron chi connectivity index (χ4n) is 3.48. The highest BCUT2D eigenvalue weighted by Gasteiger charge is 2.23. The van der Waals surface area contributed by atoms with Crippen LogP contribution in [0.25, 0.3) is 0 Å². The van der Waals surface area contributed by atoms with Crippen molar-refractivity contribution in [2.45, 2.75) is 25.8 Å². The monoisotopic (exact) mass is 295 g/mol. The highest BCUT2D eigenvalue weighted by atomic mass is 15.2. The van der Waals surface area contributed by atoms with Crippen LogP contribution in [0.5, 0.6) is 0 Å². The lowest BCUT2D eigenvalue weighted by Crippen LogP contribution is -2.32. The van der Waals surface area contributed by atoms with E-state index >= 15 is 0 Å². The Morgan fingerprint density at radius 2 is 1.82 bits per heavy atom. The summed E-state index contributed by atoms with van der Waals surface area (Å²) >= 11 is 0. The number of nitrogens with two attached hydrogens (primary N) is 1. The van der Waals surface area contributed by atoms with Gasteiger partial charge in [0.05, 0.1) is 5.69 Å². The standard InChI is InChI=1S/C17H21N5/c18-17-20-15-6-9-19-8-5-14(15)16(21-17)22-10-7-12-3-1-2-4-13(12)11-22/h1-4,19H,5-11H2,(H2,18,20,21). The number of aromatic nitrogens is 2. The van der Waals surface area contributed by atoms with Crippen molar-refractivity contribution in [1.82, 2.24) is 15.3 Å². The zero-order valence-electron chi connectivity index (χ0n) is 12.7. The van der Waals surface area contributed by atoms with Gasteiger partial charge in [-0.3, -0.25) is 0 Å². The Labute approximate surface area is 130 Å². The molecule has 0 unspecified atom stereocenters. The fourth-order valence-corrected chi connectivity index (χ4v) is 3.48. The summed E-state index contributed by atoms with van der Waals surface area (Å²) in [4.78, 5) is 11.4. The van der Waals surface area contributed by atoms with Crippen LogP contribution >= 0.6 is 0 Å². The second-order valence-electron chi connectivity index (χ2n) is 6.02. The van der Waals surface area contributed by atoms with Crippen LogP contribution in [0.15, 0.2) is 24.3 Å². The van der Waals surface area contributed by atoms with Gasteiger partial charge in [0.25, 0.3) is 0 Å². The number of nitrogens with one attached hydrogen (secondary N) is 1. The van der Waals surface area contributed by atoms with E-state index in [1.54, 1.807) is 0 Å². The Morgan fingerprint density at radius 3 is 2.73 bits per heavy atom. The van der Waals surface area contributed by atoms with E-state index in [0.717, 1.165) is 57.0 Å². The third-order valence-electron chi connectivity index (χ3n) is 4.61. The molecule has 114 valence electrons. The summed E-state index contributed by atoms with van der Waals surface area (Å²) in [6.45, 7) is 3.85. The van der Waals surface area contributed by atoms with E-state index in [1.165, 1.54) is 16.7 Å². The second-order valence-corrected chi connectivity index (χ2v) is 6.02. The van der Waals surface area contributed by atoms with Crippen LogP contribution in [-0.4, -0.2) is 29.6 Å². The first-order chi connectivity index (χ1) is 10.8. The lowest BCUT2D eigenvalue weighted by atomic mass is 9.99. The van der Waals surface area contributed by atoms with E-state index in [2.05, 4.69) is 44.5 Å². The van der Waals surface area contributed by atoms with Gasteiger partial charge in [-0.2, -0.15) is 4.98 Å². The van der Waals surface area contributed by atoms with Gasteiger partial charge in [0.1, 0.15) is 5.82 Å². The van der Waals surface area contributed by atoms with Crippen molar-refractivity contribution in [3.05, 3.63) is 46.6 Å². The minimum atomic E-state index is 0.398. The number of anilines is 2. The minimum Gasteiger partial charge on any atom is -0.368 e. The summed E-state index contributed by atoms with van der Waals surface area (Å²) in [6, 6.07) is 8.67. The van der Waals surface area contributed by atoms with Crippen molar-refractivity contribution in [3.63, 3.8) is 0 Å². The van der Waals surface area contributed by atoms with Crippen LogP contribution in [0.4, 0.5) is 11.8 Å². The predicted octanol–water partition coefficient (Wildman–Crippen LogP) is 1.31. The van der Waals surface area contributed by atoms with E-state index in [0.29, 0.717) is 5.95 Å². The molecule has 22 heavy (non-hydrogen) atoms. The number of hydrogen-bond donors (Lipinski definition) is 2. The Balaban J connectivity index is 1.73. The molecule has 3 N–H and O–H groups in total. The summed E-state index contributed by atoms with van der Waals surface area (Å²) in [5, 5.41) is 3.43.